The van der Waals surface area contributed by atoms with Crippen LogP contribution in [-0.4, -0.2) is 14.5 Å². The molecule has 1 aromatic rings. The van der Waals surface area contributed by atoms with Gasteiger partial charge >= 0.3 is 0 Å². The summed E-state index contributed by atoms with van der Waals surface area (Å²) in [7, 11) is -3.38. The van der Waals surface area contributed by atoms with E-state index in [1.807, 2.05) is 0 Å². The van der Waals surface area contributed by atoms with E-state index in [1.165, 1.54) is 11.3 Å². The zero-order valence-corrected chi connectivity index (χ0v) is 11.8. The summed E-state index contributed by atoms with van der Waals surface area (Å²) in [5, 5.41) is 0. The molecule has 0 radical (unpaired) electrons. The standard InChI is InChI=1S/C9H13BrN2O2S2/c10-9-8(4-7(5-11)15-9)16(13,14)12-6-2-1-3-6/h4,6,12H,1-3,5,11H2. The van der Waals surface area contributed by atoms with Gasteiger partial charge in [0.15, 0.2) is 0 Å². The fraction of sp³-hybridized carbons (Fsp3) is 0.556. The lowest BCUT2D eigenvalue weighted by Crippen LogP contribution is -2.39. The first kappa shape index (κ1) is 12.5. The van der Waals surface area contributed by atoms with Crippen LogP contribution in [0.3, 0.4) is 0 Å². The number of sulfonamides is 1. The fourth-order valence-corrected chi connectivity index (χ4v) is 5.36. The van der Waals surface area contributed by atoms with Gasteiger partial charge < -0.3 is 5.73 Å². The second kappa shape index (κ2) is 4.73. The maximum absolute atomic E-state index is 12.0. The average molecular weight is 325 g/mol. The Morgan fingerprint density at radius 1 is 1.56 bits per heavy atom. The highest BCUT2D eigenvalue weighted by atomic mass is 79.9. The lowest BCUT2D eigenvalue weighted by molar-refractivity contribution is 0.383. The fourth-order valence-electron chi connectivity index (χ4n) is 1.49. The van der Waals surface area contributed by atoms with Crippen LogP contribution in [0.1, 0.15) is 24.1 Å². The molecule has 1 aromatic heterocycles. The Kier molecular flexibility index (Phi) is 3.70. The Labute approximate surface area is 107 Å². The van der Waals surface area contributed by atoms with Gasteiger partial charge in [-0.1, -0.05) is 6.42 Å². The van der Waals surface area contributed by atoms with Gasteiger partial charge in [-0.2, -0.15) is 0 Å². The number of hydrogen-bond donors (Lipinski definition) is 2. The predicted molar refractivity (Wildman–Crippen MR) is 67.9 cm³/mol. The SMILES string of the molecule is NCc1cc(S(=O)(=O)NC2CCC2)c(Br)s1. The minimum Gasteiger partial charge on any atom is -0.326 e. The molecule has 3 N–H and O–H groups in total. The van der Waals surface area contributed by atoms with Crippen LogP contribution in [0.5, 0.6) is 0 Å². The molecule has 1 aliphatic carbocycles. The van der Waals surface area contributed by atoms with Gasteiger partial charge in [-0.3, -0.25) is 0 Å². The van der Waals surface area contributed by atoms with Crippen LogP contribution in [0.25, 0.3) is 0 Å². The van der Waals surface area contributed by atoms with Gasteiger partial charge in [-0.05, 0) is 34.8 Å². The van der Waals surface area contributed by atoms with Gasteiger partial charge in [0.2, 0.25) is 10.0 Å². The van der Waals surface area contributed by atoms with Gasteiger partial charge in [0.1, 0.15) is 4.90 Å². The van der Waals surface area contributed by atoms with Crippen molar-refractivity contribution in [1.82, 2.24) is 4.72 Å². The first-order valence-electron chi connectivity index (χ1n) is 5.03. The molecule has 0 aliphatic heterocycles. The van der Waals surface area contributed by atoms with Crippen molar-refractivity contribution in [3.63, 3.8) is 0 Å². The lowest BCUT2D eigenvalue weighted by Gasteiger charge is -2.25. The quantitative estimate of drug-likeness (QED) is 0.887. The van der Waals surface area contributed by atoms with Gasteiger partial charge in [-0.25, -0.2) is 13.1 Å². The van der Waals surface area contributed by atoms with Gasteiger partial charge in [0.05, 0.1) is 3.79 Å². The molecule has 0 unspecified atom stereocenters. The van der Waals surface area contributed by atoms with Crippen LogP contribution in [0.4, 0.5) is 0 Å². The molecule has 1 saturated carbocycles. The molecule has 1 fully saturated rings. The van der Waals surface area contributed by atoms with Gasteiger partial charge in [0.25, 0.3) is 0 Å². The van der Waals surface area contributed by atoms with Gasteiger partial charge in [0, 0.05) is 17.5 Å². The van der Waals surface area contributed by atoms with Crippen LogP contribution in [0.2, 0.25) is 0 Å². The maximum atomic E-state index is 12.0. The molecule has 0 saturated heterocycles. The molecule has 0 amide bonds. The highest BCUT2D eigenvalue weighted by molar-refractivity contribution is 9.11. The lowest BCUT2D eigenvalue weighted by atomic mass is 9.94. The predicted octanol–water partition coefficient (Wildman–Crippen LogP) is 1.80. The number of nitrogens with two attached hydrogens (primary N) is 1. The number of nitrogens with one attached hydrogen (secondary N) is 1. The summed E-state index contributed by atoms with van der Waals surface area (Å²) in [5.41, 5.74) is 5.49. The van der Waals surface area contributed by atoms with Crippen molar-refractivity contribution in [1.29, 1.82) is 0 Å². The first-order valence-corrected chi connectivity index (χ1v) is 8.13. The van der Waals surface area contributed by atoms with Crippen molar-refractivity contribution in [2.75, 3.05) is 0 Å². The molecule has 7 heteroatoms. The molecule has 16 heavy (non-hydrogen) atoms. The highest BCUT2D eigenvalue weighted by Gasteiger charge is 2.27. The minimum atomic E-state index is -3.38. The molecular weight excluding hydrogens is 312 g/mol. The van der Waals surface area contributed by atoms with Crippen LogP contribution in [0.15, 0.2) is 14.7 Å². The number of thiophene rings is 1. The third kappa shape index (κ3) is 2.48. The molecule has 0 atom stereocenters. The molecule has 0 aromatic carbocycles. The molecule has 4 nitrogen and oxygen atoms in total. The van der Waals surface area contributed by atoms with E-state index in [1.54, 1.807) is 6.07 Å². The summed E-state index contributed by atoms with van der Waals surface area (Å²) >= 11 is 4.63. The van der Waals surface area contributed by atoms with E-state index in [4.69, 9.17) is 5.73 Å². The topological polar surface area (TPSA) is 72.2 Å². The summed E-state index contributed by atoms with van der Waals surface area (Å²) in [4.78, 5) is 1.17. The zero-order chi connectivity index (χ0) is 11.8. The summed E-state index contributed by atoms with van der Waals surface area (Å²) in [5.74, 6) is 0. The van der Waals surface area contributed by atoms with Crippen LogP contribution in [0, 0.1) is 0 Å². The third-order valence-electron chi connectivity index (χ3n) is 2.62. The number of hydrogen-bond acceptors (Lipinski definition) is 4. The van der Waals surface area contributed by atoms with E-state index in [9.17, 15) is 8.42 Å². The van der Waals surface area contributed by atoms with Crippen molar-refractivity contribution in [2.24, 2.45) is 5.73 Å². The van der Waals surface area contributed by atoms with Crippen LogP contribution < -0.4 is 10.5 Å². The Morgan fingerprint density at radius 3 is 2.69 bits per heavy atom. The Balaban J connectivity index is 2.23. The number of halogens is 1. The highest BCUT2D eigenvalue weighted by Crippen LogP contribution is 2.32. The first-order chi connectivity index (χ1) is 7.53. The van der Waals surface area contributed by atoms with Crippen LogP contribution in [-0.2, 0) is 16.6 Å². The van der Waals surface area contributed by atoms with E-state index >= 15 is 0 Å². The third-order valence-corrected chi connectivity index (χ3v) is 6.42. The van der Waals surface area contributed by atoms with E-state index in [-0.39, 0.29) is 6.04 Å². The molecule has 2 rings (SSSR count). The molecule has 0 bridgehead atoms. The normalized spacial score (nSPS) is 17.4. The Bertz CT molecular complexity index is 480. The second-order valence-electron chi connectivity index (χ2n) is 3.80. The van der Waals surface area contributed by atoms with Crippen molar-refractivity contribution in [3.8, 4) is 0 Å². The molecule has 1 heterocycles. The smallest absolute Gasteiger partial charge is 0.242 e. The van der Waals surface area contributed by atoms with E-state index in [0.717, 1.165) is 24.1 Å². The van der Waals surface area contributed by atoms with Crippen molar-refractivity contribution in [3.05, 3.63) is 14.7 Å². The minimum absolute atomic E-state index is 0.109. The summed E-state index contributed by atoms with van der Waals surface area (Å²) in [6, 6.07) is 1.74. The van der Waals surface area contributed by atoms with E-state index < -0.39 is 10.0 Å². The molecule has 90 valence electrons. The van der Waals surface area contributed by atoms with Crippen molar-refractivity contribution < 1.29 is 8.42 Å². The monoisotopic (exact) mass is 324 g/mol. The second-order valence-corrected chi connectivity index (χ2v) is 7.94. The van der Waals surface area contributed by atoms with E-state index in [0.29, 0.717) is 15.2 Å². The van der Waals surface area contributed by atoms with Crippen LogP contribution >= 0.6 is 27.3 Å². The molecular formula is C9H13BrN2O2S2. The Morgan fingerprint density at radius 2 is 2.25 bits per heavy atom. The molecule has 1 aliphatic rings. The number of rotatable bonds is 4. The molecule has 0 spiro atoms. The van der Waals surface area contributed by atoms with Crippen molar-refractivity contribution in [2.45, 2.75) is 36.7 Å². The summed E-state index contributed by atoms with van der Waals surface area (Å²) in [6.07, 6.45) is 2.97. The van der Waals surface area contributed by atoms with Crippen molar-refractivity contribution >= 4 is 37.3 Å². The summed E-state index contributed by atoms with van der Waals surface area (Å²) in [6.45, 7) is 0.363. The zero-order valence-electron chi connectivity index (χ0n) is 8.57. The maximum Gasteiger partial charge on any atom is 0.242 e. The Hall–Kier alpha value is 0.0500. The largest absolute Gasteiger partial charge is 0.326 e. The van der Waals surface area contributed by atoms with Gasteiger partial charge in [-0.15, -0.1) is 11.3 Å². The van der Waals surface area contributed by atoms with E-state index in [2.05, 4.69) is 20.7 Å². The summed E-state index contributed by atoms with van der Waals surface area (Å²) < 4.78 is 27.3. The average Bonchev–Trinajstić information content (AvgIpc) is 2.54.